The van der Waals surface area contributed by atoms with E-state index in [1.54, 1.807) is 42.5 Å². The summed E-state index contributed by atoms with van der Waals surface area (Å²) in [4.78, 5) is 11.9. The lowest BCUT2D eigenvalue weighted by molar-refractivity contribution is 0.0921. The van der Waals surface area contributed by atoms with Crippen molar-refractivity contribution in [2.75, 3.05) is 6.61 Å². The molecule has 0 atom stereocenters. The lowest BCUT2D eigenvalue weighted by Gasteiger charge is -2.07. The van der Waals surface area contributed by atoms with E-state index < -0.39 is 0 Å². The zero-order valence-corrected chi connectivity index (χ0v) is 10.7. The molecule has 0 aliphatic carbocycles. The second-order valence-electron chi connectivity index (χ2n) is 3.80. The molecule has 2 aromatic rings. The SMILES string of the molecule is N#Cc1c(Cl)cccc1OCC(=O)c1ccccc1. The van der Waals surface area contributed by atoms with Crippen molar-refractivity contribution in [3.8, 4) is 11.8 Å². The van der Waals surface area contributed by atoms with Crippen LogP contribution >= 0.6 is 11.6 Å². The van der Waals surface area contributed by atoms with Gasteiger partial charge in [0, 0.05) is 5.56 Å². The van der Waals surface area contributed by atoms with Crippen LogP contribution in [0.4, 0.5) is 0 Å². The minimum Gasteiger partial charge on any atom is -0.484 e. The third kappa shape index (κ3) is 3.12. The van der Waals surface area contributed by atoms with Gasteiger partial charge in [-0.25, -0.2) is 0 Å². The van der Waals surface area contributed by atoms with Crippen LogP contribution in [0.25, 0.3) is 0 Å². The van der Waals surface area contributed by atoms with Gasteiger partial charge in [-0.3, -0.25) is 4.79 Å². The van der Waals surface area contributed by atoms with Crippen LogP contribution in [-0.4, -0.2) is 12.4 Å². The second-order valence-corrected chi connectivity index (χ2v) is 4.21. The Bertz CT molecular complexity index is 632. The highest BCUT2D eigenvalue weighted by molar-refractivity contribution is 6.31. The molecule has 0 bridgehead atoms. The molecule has 0 saturated carbocycles. The number of ketones is 1. The lowest BCUT2D eigenvalue weighted by atomic mass is 10.1. The Morgan fingerprint density at radius 2 is 1.89 bits per heavy atom. The molecule has 0 aliphatic heterocycles. The van der Waals surface area contributed by atoms with Crippen molar-refractivity contribution in [2.45, 2.75) is 0 Å². The van der Waals surface area contributed by atoms with E-state index in [0.29, 0.717) is 16.3 Å². The number of halogens is 1. The van der Waals surface area contributed by atoms with Gasteiger partial charge in [0.25, 0.3) is 0 Å². The summed E-state index contributed by atoms with van der Waals surface area (Å²) >= 11 is 5.87. The number of carbonyl (C=O) groups excluding carboxylic acids is 1. The monoisotopic (exact) mass is 271 g/mol. The molecular formula is C15H10ClNO2. The zero-order valence-electron chi connectivity index (χ0n) is 9.97. The van der Waals surface area contributed by atoms with Crippen molar-refractivity contribution in [1.29, 1.82) is 5.26 Å². The summed E-state index contributed by atoms with van der Waals surface area (Å²) < 4.78 is 5.37. The highest BCUT2D eigenvalue weighted by Crippen LogP contribution is 2.25. The summed E-state index contributed by atoms with van der Waals surface area (Å²) in [7, 11) is 0. The maximum absolute atomic E-state index is 11.9. The van der Waals surface area contributed by atoms with Crippen molar-refractivity contribution in [3.05, 3.63) is 64.7 Å². The van der Waals surface area contributed by atoms with Crippen LogP contribution in [0.3, 0.4) is 0 Å². The van der Waals surface area contributed by atoms with Gasteiger partial charge >= 0.3 is 0 Å². The van der Waals surface area contributed by atoms with Gasteiger partial charge in [-0.1, -0.05) is 48.0 Å². The largest absolute Gasteiger partial charge is 0.484 e. The summed E-state index contributed by atoms with van der Waals surface area (Å²) in [6.07, 6.45) is 0. The minimum atomic E-state index is -0.149. The van der Waals surface area contributed by atoms with E-state index in [-0.39, 0.29) is 18.0 Å². The molecule has 2 rings (SSSR count). The molecule has 0 aliphatic rings. The smallest absolute Gasteiger partial charge is 0.200 e. The fourth-order valence-electron chi connectivity index (χ4n) is 1.58. The highest BCUT2D eigenvalue weighted by Gasteiger charge is 2.10. The Labute approximate surface area is 116 Å². The molecule has 0 radical (unpaired) electrons. The first-order valence-electron chi connectivity index (χ1n) is 5.62. The normalized spacial score (nSPS) is 9.68. The molecule has 0 saturated heterocycles. The summed E-state index contributed by atoms with van der Waals surface area (Å²) in [6, 6.07) is 15.7. The summed E-state index contributed by atoms with van der Waals surface area (Å²) in [6.45, 7) is -0.126. The van der Waals surface area contributed by atoms with Gasteiger partial charge in [0.2, 0.25) is 0 Å². The average Bonchev–Trinajstić information content (AvgIpc) is 2.45. The first-order valence-corrected chi connectivity index (χ1v) is 6.00. The molecule has 0 N–H and O–H groups in total. The van der Waals surface area contributed by atoms with Gasteiger partial charge in [-0.15, -0.1) is 0 Å². The molecule has 0 fully saturated rings. The number of benzene rings is 2. The van der Waals surface area contributed by atoms with E-state index in [1.165, 1.54) is 0 Å². The van der Waals surface area contributed by atoms with Crippen LogP contribution in [-0.2, 0) is 0 Å². The standard InChI is InChI=1S/C15H10ClNO2/c16-13-7-4-8-15(12(13)9-17)19-10-14(18)11-5-2-1-3-6-11/h1-8H,10H2. The highest BCUT2D eigenvalue weighted by atomic mass is 35.5. The third-order valence-corrected chi connectivity index (χ3v) is 2.86. The molecule has 0 unspecified atom stereocenters. The Balaban J connectivity index is 2.10. The molecule has 4 heteroatoms. The van der Waals surface area contributed by atoms with E-state index in [2.05, 4.69) is 0 Å². The van der Waals surface area contributed by atoms with Gasteiger partial charge in [0.15, 0.2) is 12.4 Å². The Hall–Kier alpha value is -2.31. The van der Waals surface area contributed by atoms with Crippen molar-refractivity contribution in [1.82, 2.24) is 0 Å². The molecule has 0 spiro atoms. The van der Waals surface area contributed by atoms with Crippen LogP contribution in [0.2, 0.25) is 5.02 Å². The molecule has 0 heterocycles. The summed E-state index contributed by atoms with van der Waals surface area (Å²) in [5.74, 6) is 0.170. The first-order chi connectivity index (χ1) is 9.22. The van der Waals surface area contributed by atoms with Gasteiger partial charge in [-0.05, 0) is 12.1 Å². The minimum absolute atomic E-state index is 0.126. The lowest BCUT2D eigenvalue weighted by Crippen LogP contribution is -2.12. The predicted octanol–water partition coefficient (Wildman–Crippen LogP) is 3.47. The fourth-order valence-corrected chi connectivity index (χ4v) is 1.79. The van der Waals surface area contributed by atoms with E-state index in [0.717, 1.165) is 0 Å². The Morgan fingerprint density at radius 3 is 2.58 bits per heavy atom. The van der Waals surface area contributed by atoms with E-state index in [1.807, 2.05) is 12.1 Å². The topological polar surface area (TPSA) is 50.1 Å². The molecular weight excluding hydrogens is 262 g/mol. The van der Waals surface area contributed by atoms with Gasteiger partial charge < -0.3 is 4.74 Å². The zero-order chi connectivity index (χ0) is 13.7. The van der Waals surface area contributed by atoms with Crippen LogP contribution in [0.5, 0.6) is 5.75 Å². The summed E-state index contributed by atoms with van der Waals surface area (Å²) in [5.41, 5.74) is 0.813. The van der Waals surface area contributed by atoms with E-state index in [9.17, 15) is 4.79 Å². The van der Waals surface area contributed by atoms with Crippen molar-refractivity contribution >= 4 is 17.4 Å². The summed E-state index contributed by atoms with van der Waals surface area (Å²) in [5, 5.41) is 9.29. The van der Waals surface area contributed by atoms with Gasteiger partial charge in [0.1, 0.15) is 17.4 Å². The Kier molecular flexibility index (Phi) is 4.17. The van der Waals surface area contributed by atoms with Crippen molar-refractivity contribution in [2.24, 2.45) is 0 Å². The number of nitrogens with zero attached hydrogens (tertiary/aromatic N) is 1. The van der Waals surface area contributed by atoms with Gasteiger partial charge in [-0.2, -0.15) is 5.26 Å². The number of Topliss-reactive ketones (excluding diaryl/α,β-unsaturated/α-hetero) is 1. The second kappa shape index (κ2) is 6.03. The Morgan fingerprint density at radius 1 is 1.16 bits per heavy atom. The van der Waals surface area contributed by atoms with Crippen LogP contribution in [0, 0.1) is 11.3 Å². The number of hydrogen-bond donors (Lipinski definition) is 0. The molecule has 94 valence electrons. The number of ether oxygens (including phenoxy) is 1. The number of carbonyl (C=O) groups is 1. The molecule has 0 amide bonds. The number of nitriles is 1. The van der Waals surface area contributed by atoms with Crippen molar-refractivity contribution in [3.63, 3.8) is 0 Å². The molecule has 3 nitrogen and oxygen atoms in total. The predicted molar refractivity (Wildman–Crippen MR) is 72.4 cm³/mol. The molecule has 2 aromatic carbocycles. The number of hydrogen-bond acceptors (Lipinski definition) is 3. The third-order valence-electron chi connectivity index (χ3n) is 2.54. The van der Waals surface area contributed by atoms with E-state index in [4.69, 9.17) is 21.6 Å². The average molecular weight is 272 g/mol. The van der Waals surface area contributed by atoms with Crippen LogP contribution in [0.15, 0.2) is 48.5 Å². The maximum Gasteiger partial charge on any atom is 0.200 e. The first kappa shape index (κ1) is 13.1. The van der Waals surface area contributed by atoms with Crippen LogP contribution in [0.1, 0.15) is 15.9 Å². The van der Waals surface area contributed by atoms with Crippen LogP contribution < -0.4 is 4.74 Å². The van der Waals surface area contributed by atoms with E-state index >= 15 is 0 Å². The maximum atomic E-state index is 11.9. The van der Waals surface area contributed by atoms with Gasteiger partial charge in [0.05, 0.1) is 5.02 Å². The molecule has 19 heavy (non-hydrogen) atoms. The van der Waals surface area contributed by atoms with Crippen molar-refractivity contribution < 1.29 is 9.53 Å². The molecule has 0 aromatic heterocycles. The number of rotatable bonds is 4. The quantitative estimate of drug-likeness (QED) is 0.800. The fraction of sp³-hybridized carbons (Fsp3) is 0.0667.